The van der Waals surface area contributed by atoms with Crippen LogP contribution < -0.4 is 5.73 Å². The second kappa shape index (κ2) is 15.6. The maximum absolute atomic E-state index is 14.1. The summed E-state index contributed by atoms with van der Waals surface area (Å²) in [4.78, 5) is 38.1. The summed E-state index contributed by atoms with van der Waals surface area (Å²) in [6.07, 6.45) is 7.44. The SMILES string of the molecule is C/C=C\C1=C(/C=C\C)N(CC)C(=O)CN(C(=O)CC(N)Cc2cc(F)c(C)cc2F)C1.CCOC=O. The number of benzene rings is 1. The van der Waals surface area contributed by atoms with E-state index in [0.717, 1.165) is 23.4 Å². The maximum Gasteiger partial charge on any atom is 0.293 e. The Balaban J connectivity index is 0.00000118. The lowest BCUT2D eigenvalue weighted by molar-refractivity contribution is -0.138. The first kappa shape index (κ1) is 30.7. The van der Waals surface area contributed by atoms with E-state index < -0.39 is 17.7 Å². The first-order valence-corrected chi connectivity index (χ1v) is 11.9. The summed E-state index contributed by atoms with van der Waals surface area (Å²) in [5.74, 6) is -1.53. The Hall–Kier alpha value is -3.33. The van der Waals surface area contributed by atoms with Crippen molar-refractivity contribution in [2.24, 2.45) is 5.73 Å². The highest BCUT2D eigenvalue weighted by molar-refractivity contribution is 5.87. The molecule has 1 atom stereocenters. The number of carbonyl (C=O) groups is 3. The van der Waals surface area contributed by atoms with Gasteiger partial charge in [-0.05, 0) is 75.9 Å². The second-order valence-corrected chi connectivity index (χ2v) is 8.21. The number of hydrogen-bond acceptors (Lipinski definition) is 5. The highest BCUT2D eigenvalue weighted by Crippen LogP contribution is 2.21. The van der Waals surface area contributed by atoms with Crippen molar-refractivity contribution in [3.63, 3.8) is 0 Å². The number of amides is 2. The molecule has 7 nitrogen and oxygen atoms in total. The van der Waals surface area contributed by atoms with Crippen LogP contribution in [0.4, 0.5) is 8.78 Å². The van der Waals surface area contributed by atoms with Gasteiger partial charge in [0, 0.05) is 31.2 Å². The molecule has 2 rings (SSSR count). The summed E-state index contributed by atoms with van der Waals surface area (Å²) in [7, 11) is 0. The molecular weight excluding hydrogens is 468 g/mol. The van der Waals surface area contributed by atoms with Crippen LogP contribution in [-0.4, -0.2) is 60.4 Å². The van der Waals surface area contributed by atoms with Crippen molar-refractivity contribution in [1.82, 2.24) is 9.80 Å². The third-order valence-corrected chi connectivity index (χ3v) is 5.45. The zero-order valence-electron chi connectivity index (χ0n) is 21.7. The molecule has 1 heterocycles. The molecule has 0 saturated carbocycles. The molecule has 1 aliphatic rings. The Bertz CT molecular complexity index is 1000. The summed E-state index contributed by atoms with van der Waals surface area (Å²) in [6, 6.07) is 1.55. The van der Waals surface area contributed by atoms with Crippen LogP contribution in [-0.2, 0) is 25.5 Å². The fourth-order valence-corrected chi connectivity index (χ4v) is 3.74. The quantitative estimate of drug-likeness (QED) is 0.515. The molecule has 198 valence electrons. The fourth-order valence-electron chi connectivity index (χ4n) is 3.74. The van der Waals surface area contributed by atoms with E-state index in [1.54, 1.807) is 11.8 Å². The number of carbonyl (C=O) groups excluding carboxylic acids is 3. The van der Waals surface area contributed by atoms with Crippen molar-refractivity contribution in [1.29, 1.82) is 0 Å². The van der Waals surface area contributed by atoms with Crippen LogP contribution in [0.5, 0.6) is 0 Å². The lowest BCUT2D eigenvalue weighted by Gasteiger charge is -2.23. The predicted octanol–water partition coefficient (Wildman–Crippen LogP) is 3.81. The normalized spacial score (nSPS) is 15.2. The molecule has 0 aliphatic carbocycles. The molecular formula is C27H37F2N3O4. The van der Waals surface area contributed by atoms with E-state index in [1.165, 1.54) is 11.8 Å². The molecule has 9 heteroatoms. The van der Waals surface area contributed by atoms with Gasteiger partial charge in [-0.25, -0.2) is 8.78 Å². The number of nitrogens with zero attached hydrogens (tertiary/aromatic N) is 2. The molecule has 0 bridgehead atoms. The first-order valence-electron chi connectivity index (χ1n) is 11.9. The lowest BCUT2D eigenvalue weighted by atomic mass is 10.0. The molecule has 1 aromatic rings. The van der Waals surface area contributed by atoms with Gasteiger partial charge in [-0.1, -0.05) is 18.2 Å². The molecule has 0 fully saturated rings. The standard InChI is InChI=1S/C24H31F2N3O2.C3H6O2/c1-5-8-17-14-28(15-24(31)29(7-3)22(17)9-6-2)23(30)13-19(27)11-18-12-20(25)16(4)10-21(18)26;1-2-5-3-4/h5-6,8-10,12,19H,7,11,13-15,27H2,1-4H3;3H,2H2,1H3/b8-5-,9-6-;. The zero-order chi connectivity index (χ0) is 27.3. The Morgan fingerprint density at radius 1 is 1.14 bits per heavy atom. The maximum atomic E-state index is 14.1. The molecule has 0 saturated heterocycles. The van der Waals surface area contributed by atoms with Crippen molar-refractivity contribution in [3.05, 3.63) is 70.5 Å². The summed E-state index contributed by atoms with van der Waals surface area (Å²) in [5.41, 5.74) is 8.07. The third-order valence-electron chi connectivity index (χ3n) is 5.45. The smallest absolute Gasteiger partial charge is 0.293 e. The molecule has 0 radical (unpaired) electrons. The highest BCUT2D eigenvalue weighted by Gasteiger charge is 2.29. The summed E-state index contributed by atoms with van der Waals surface area (Å²) in [6.45, 7) is 10.5. The second-order valence-electron chi connectivity index (χ2n) is 8.21. The average molecular weight is 506 g/mol. The van der Waals surface area contributed by atoms with Crippen LogP contribution in [0, 0.1) is 18.6 Å². The number of nitrogens with two attached hydrogens (primary N) is 1. The number of likely N-dealkylation sites (N-methyl/N-ethyl adjacent to an activating group) is 1. The van der Waals surface area contributed by atoms with Gasteiger partial charge in [0.2, 0.25) is 11.8 Å². The molecule has 36 heavy (non-hydrogen) atoms. The van der Waals surface area contributed by atoms with Crippen LogP contribution in [0.1, 0.15) is 45.2 Å². The van der Waals surface area contributed by atoms with Crippen molar-refractivity contribution < 1.29 is 27.9 Å². The van der Waals surface area contributed by atoms with Crippen molar-refractivity contribution in [2.45, 2.75) is 53.5 Å². The number of aryl methyl sites for hydroxylation is 1. The Labute approximate surface area is 212 Å². The van der Waals surface area contributed by atoms with Gasteiger partial charge < -0.3 is 20.3 Å². The minimum absolute atomic E-state index is 0.0268. The van der Waals surface area contributed by atoms with E-state index >= 15 is 0 Å². The zero-order valence-corrected chi connectivity index (χ0v) is 21.7. The number of rotatable bonds is 9. The number of hydrogen-bond donors (Lipinski definition) is 1. The van der Waals surface area contributed by atoms with Gasteiger partial charge in [0.15, 0.2) is 0 Å². The number of ether oxygens (including phenoxy) is 1. The third kappa shape index (κ3) is 9.03. The van der Waals surface area contributed by atoms with Crippen LogP contribution in [0.2, 0.25) is 0 Å². The minimum atomic E-state index is -0.700. The van der Waals surface area contributed by atoms with E-state index in [-0.39, 0.29) is 48.9 Å². The van der Waals surface area contributed by atoms with Gasteiger partial charge in [-0.15, -0.1) is 0 Å². The molecule has 0 spiro atoms. The van der Waals surface area contributed by atoms with Crippen LogP contribution in [0.3, 0.4) is 0 Å². The molecule has 2 amide bonds. The van der Waals surface area contributed by atoms with Crippen LogP contribution in [0.25, 0.3) is 0 Å². The highest BCUT2D eigenvalue weighted by atomic mass is 19.1. The number of halogens is 2. The van der Waals surface area contributed by atoms with Crippen molar-refractivity contribution in [3.8, 4) is 0 Å². The summed E-state index contributed by atoms with van der Waals surface area (Å²) < 4.78 is 32.1. The first-order chi connectivity index (χ1) is 17.1. The van der Waals surface area contributed by atoms with E-state index in [0.29, 0.717) is 19.6 Å². The van der Waals surface area contributed by atoms with Gasteiger partial charge in [0.25, 0.3) is 6.47 Å². The van der Waals surface area contributed by atoms with E-state index in [9.17, 15) is 23.2 Å². The van der Waals surface area contributed by atoms with Crippen molar-refractivity contribution >= 4 is 18.3 Å². The monoisotopic (exact) mass is 505 g/mol. The molecule has 1 aliphatic heterocycles. The largest absolute Gasteiger partial charge is 0.468 e. The van der Waals surface area contributed by atoms with Gasteiger partial charge in [0.05, 0.1) is 6.61 Å². The Morgan fingerprint density at radius 2 is 1.81 bits per heavy atom. The van der Waals surface area contributed by atoms with E-state index in [2.05, 4.69) is 4.74 Å². The average Bonchev–Trinajstić information content (AvgIpc) is 2.95. The fraction of sp³-hybridized carbons (Fsp3) is 0.444. The van der Waals surface area contributed by atoms with Crippen LogP contribution >= 0.6 is 0 Å². The predicted molar refractivity (Wildman–Crippen MR) is 136 cm³/mol. The molecule has 1 aromatic carbocycles. The Kier molecular flexibility index (Phi) is 13.3. The summed E-state index contributed by atoms with van der Waals surface area (Å²) >= 11 is 0. The topological polar surface area (TPSA) is 92.9 Å². The summed E-state index contributed by atoms with van der Waals surface area (Å²) in [5, 5.41) is 0. The molecule has 2 N–H and O–H groups in total. The van der Waals surface area contributed by atoms with Crippen LogP contribution in [0.15, 0.2) is 47.7 Å². The number of allylic oxidation sites excluding steroid dienone is 3. The molecule has 0 aromatic heterocycles. The van der Waals surface area contributed by atoms with Gasteiger partial charge in [-0.2, -0.15) is 0 Å². The minimum Gasteiger partial charge on any atom is -0.468 e. The van der Waals surface area contributed by atoms with Gasteiger partial charge in [-0.3, -0.25) is 14.4 Å². The van der Waals surface area contributed by atoms with E-state index in [4.69, 9.17) is 5.73 Å². The lowest BCUT2D eigenvalue weighted by Crippen LogP contribution is -2.42. The Morgan fingerprint density at radius 3 is 2.33 bits per heavy atom. The van der Waals surface area contributed by atoms with E-state index in [1.807, 2.05) is 45.1 Å². The van der Waals surface area contributed by atoms with Gasteiger partial charge in [0.1, 0.15) is 18.2 Å². The van der Waals surface area contributed by atoms with Crippen molar-refractivity contribution in [2.75, 3.05) is 26.2 Å². The molecule has 1 unspecified atom stereocenters. The van der Waals surface area contributed by atoms with Gasteiger partial charge >= 0.3 is 0 Å².